The van der Waals surface area contributed by atoms with Crippen LogP contribution in [0.15, 0.2) is 103 Å². The quantitative estimate of drug-likeness (QED) is 0.290. The molecule has 0 fully saturated rings. The van der Waals surface area contributed by atoms with Crippen molar-refractivity contribution in [1.29, 1.82) is 0 Å². The second kappa shape index (κ2) is 12.5. The zero-order valence-corrected chi connectivity index (χ0v) is 20.3. The van der Waals surface area contributed by atoms with Crippen LogP contribution in [0.25, 0.3) is 0 Å². The van der Waals surface area contributed by atoms with Gasteiger partial charge in [-0.1, -0.05) is 85.3 Å². The van der Waals surface area contributed by atoms with Crippen molar-refractivity contribution in [3.05, 3.63) is 126 Å². The van der Waals surface area contributed by atoms with Gasteiger partial charge in [-0.2, -0.15) is 24.1 Å². The van der Waals surface area contributed by atoms with E-state index >= 15 is 0 Å². The Balaban J connectivity index is 0.00000280. The van der Waals surface area contributed by atoms with Crippen LogP contribution in [0.2, 0.25) is 0 Å². The molecule has 3 rings (SSSR count). The van der Waals surface area contributed by atoms with Crippen LogP contribution in [0.5, 0.6) is 0 Å². The number of hydrogen-bond donors (Lipinski definition) is 0. The Morgan fingerprint density at radius 1 is 0.821 bits per heavy atom. The molecular formula is C27H29K. The molecule has 3 aromatic rings. The van der Waals surface area contributed by atoms with Crippen molar-refractivity contribution in [2.75, 3.05) is 0 Å². The summed E-state index contributed by atoms with van der Waals surface area (Å²) in [6, 6.07) is 32.4. The summed E-state index contributed by atoms with van der Waals surface area (Å²) in [6.45, 7) is 6.48. The molecule has 3 aromatic carbocycles. The average molecular weight is 393 g/mol. The van der Waals surface area contributed by atoms with Crippen LogP contribution in [0, 0.1) is 12.3 Å². The standard InChI is InChI=1S/C27H29.K/c1-22(2)26(19-18-23-12-6-3-7-13-23)21-27(25-16-10-5-11-17-25)20-24-14-8-4-9-15-24;/h3-18,26-27H,1,19-21H2,2H3;/q-1;+1. The van der Waals surface area contributed by atoms with E-state index in [2.05, 4.69) is 111 Å². The van der Waals surface area contributed by atoms with Gasteiger partial charge < -0.3 is 0 Å². The fourth-order valence-electron chi connectivity index (χ4n) is 3.67. The molecule has 28 heavy (non-hydrogen) atoms. The summed E-state index contributed by atoms with van der Waals surface area (Å²) < 4.78 is 0. The fraction of sp³-hybridized carbons (Fsp3) is 0.222. The summed E-state index contributed by atoms with van der Waals surface area (Å²) in [5.74, 6) is 0.985. The summed E-state index contributed by atoms with van der Waals surface area (Å²) in [5.41, 5.74) is 5.39. The van der Waals surface area contributed by atoms with E-state index in [4.69, 9.17) is 0 Å². The zero-order valence-electron chi connectivity index (χ0n) is 17.2. The van der Waals surface area contributed by atoms with Crippen LogP contribution in [0.1, 0.15) is 42.4 Å². The molecule has 0 aliphatic heterocycles. The van der Waals surface area contributed by atoms with Crippen molar-refractivity contribution in [1.82, 2.24) is 0 Å². The topological polar surface area (TPSA) is 0 Å². The van der Waals surface area contributed by atoms with E-state index < -0.39 is 0 Å². The van der Waals surface area contributed by atoms with Crippen LogP contribution in [-0.2, 0) is 6.42 Å². The molecule has 0 saturated heterocycles. The monoisotopic (exact) mass is 392 g/mol. The molecule has 2 atom stereocenters. The van der Waals surface area contributed by atoms with E-state index in [0.29, 0.717) is 11.8 Å². The largest absolute Gasteiger partial charge is 1.00 e. The van der Waals surface area contributed by atoms with Crippen molar-refractivity contribution in [3.63, 3.8) is 0 Å². The van der Waals surface area contributed by atoms with Crippen molar-refractivity contribution >= 4 is 0 Å². The molecule has 138 valence electrons. The maximum atomic E-state index is 4.30. The van der Waals surface area contributed by atoms with Gasteiger partial charge in [-0.15, -0.1) is 12.1 Å². The van der Waals surface area contributed by atoms with Gasteiger partial charge in [-0.05, 0) is 42.7 Å². The minimum absolute atomic E-state index is 0. The van der Waals surface area contributed by atoms with E-state index in [1.807, 2.05) is 0 Å². The predicted molar refractivity (Wildman–Crippen MR) is 117 cm³/mol. The first-order valence-corrected chi connectivity index (χ1v) is 9.85. The third kappa shape index (κ3) is 7.38. The first-order valence-electron chi connectivity index (χ1n) is 9.85. The van der Waals surface area contributed by atoms with Crippen molar-refractivity contribution < 1.29 is 51.4 Å². The SMILES string of the molecule is C=C(C)C(C[CH-]c1ccccc1)CC(Cc1ccccc1)c1ccccc1.[K+]. The maximum absolute atomic E-state index is 4.30. The predicted octanol–water partition coefficient (Wildman–Crippen LogP) is 4.24. The van der Waals surface area contributed by atoms with Gasteiger partial charge in [0.25, 0.3) is 0 Å². The molecule has 0 aliphatic carbocycles. The molecule has 0 radical (unpaired) electrons. The molecule has 2 unspecified atom stereocenters. The molecule has 0 aromatic heterocycles. The molecular weight excluding hydrogens is 363 g/mol. The Hall–Kier alpha value is -1.09. The van der Waals surface area contributed by atoms with Gasteiger partial charge in [0.1, 0.15) is 0 Å². The first-order chi connectivity index (χ1) is 13.2. The van der Waals surface area contributed by atoms with Gasteiger partial charge in [-0.3, -0.25) is 0 Å². The van der Waals surface area contributed by atoms with Crippen LogP contribution >= 0.6 is 0 Å². The number of benzene rings is 3. The minimum atomic E-state index is 0. The fourth-order valence-corrected chi connectivity index (χ4v) is 3.67. The molecule has 0 bridgehead atoms. The molecule has 0 amide bonds. The third-order valence-electron chi connectivity index (χ3n) is 5.30. The second-order valence-electron chi connectivity index (χ2n) is 7.43. The zero-order chi connectivity index (χ0) is 18.9. The Morgan fingerprint density at radius 3 is 1.93 bits per heavy atom. The molecule has 0 spiro atoms. The first kappa shape index (κ1) is 23.2. The van der Waals surface area contributed by atoms with Crippen LogP contribution in [-0.4, -0.2) is 0 Å². The number of hydrogen-bond acceptors (Lipinski definition) is 0. The summed E-state index contributed by atoms with van der Waals surface area (Å²) in [6.07, 6.45) is 5.58. The van der Waals surface area contributed by atoms with Gasteiger partial charge in [0, 0.05) is 0 Å². The van der Waals surface area contributed by atoms with Gasteiger partial charge in [0.05, 0.1) is 0 Å². The molecule has 0 nitrogen and oxygen atoms in total. The number of rotatable bonds is 9. The van der Waals surface area contributed by atoms with E-state index in [1.54, 1.807) is 0 Å². The smallest absolute Gasteiger partial charge is 0.192 e. The van der Waals surface area contributed by atoms with Gasteiger partial charge in [0.15, 0.2) is 0 Å². The summed E-state index contributed by atoms with van der Waals surface area (Å²) in [4.78, 5) is 0. The van der Waals surface area contributed by atoms with Crippen molar-refractivity contribution in [2.45, 2.75) is 32.1 Å². The molecule has 0 N–H and O–H groups in total. The van der Waals surface area contributed by atoms with E-state index in [-0.39, 0.29) is 51.4 Å². The minimum Gasteiger partial charge on any atom is -0.192 e. The van der Waals surface area contributed by atoms with E-state index in [1.165, 1.54) is 22.3 Å². The normalized spacial score (nSPS) is 12.5. The Labute approximate surface area is 213 Å². The Kier molecular flexibility index (Phi) is 10.3. The van der Waals surface area contributed by atoms with Gasteiger partial charge in [0.2, 0.25) is 0 Å². The molecule has 0 heterocycles. The summed E-state index contributed by atoms with van der Waals surface area (Å²) in [5, 5.41) is 0. The summed E-state index contributed by atoms with van der Waals surface area (Å²) >= 11 is 0. The van der Waals surface area contributed by atoms with Crippen molar-refractivity contribution in [3.8, 4) is 0 Å². The van der Waals surface area contributed by atoms with Crippen molar-refractivity contribution in [2.24, 2.45) is 5.92 Å². The van der Waals surface area contributed by atoms with E-state index in [0.717, 1.165) is 19.3 Å². The second-order valence-corrected chi connectivity index (χ2v) is 7.43. The molecule has 1 heteroatoms. The maximum Gasteiger partial charge on any atom is 1.00 e. The Bertz CT molecular complexity index is 809. The Morgan fingerprint density at radius 2 is 1.36 bits per heavy atom. The number of allylic oxidation sites excluding steroid dienone is 1. The third-order valence-corrected chi connectivity index (χ3v) is 5.30. The summed E-state index contributed by atoms with van der Waals surface area (Å²) in [7, 11) is 0. The van der Waals surface area contributed by atoms with E-state index in [9.17, 15) is 0 Å². The van der Waals surface area contributed by atoms with Gasteiger partial charge in [-0.25, -0.2) is 0 Å². The van der Waals surface area contributed by atoms with Crippen LogP contribution in [0.4, 0.5) is 0 Å². The van der Waals surface area contributed by atoms with Gasteiger partial charge >= 0.3 is 51.4 Å². The average Bonchev–Trinajstić information content (AvgIpc) is 2.72. The van der Waals surface area contributed by atoms with Crippen LogP contribution in [0.3, 0.4) is 0 Å². The van der Waals surface area contributed by atoms with Crippen LogP contribution < -0.4 is 51.4 Å². The molecule has 0 saturated carbocycles. The molecule has 0 aliphatic rings.